The van der Waals surface area contributed by atoms with E-state index < -0.39 is 28.5 Å². The lowest BCUT2D eigenvalue weighted by Gasteiger charge is -2.34. The highest BCUT2D eigenvalue weighted by atomic mass is 79.9. The van der Waals surface area contributed by atoms with E-state index in [1.54, 1.807) is 48.5 Å². The lowest BCUT2D eigenvalue weighted by atomic mass is 10.0. The van der Waals surface area contributed by atoms with Crippen molar-refractivity contribution in [1.82, 2.24) is 10.2 Å². The predicted octanol–water partition coefficient (Wildman–Crippen LogP) is 5.03. The van der Waals surface area contributed by atoms with Crippen LogP contribution in [-0.2, 0) is 32.6 Å². The van der Waals surface area contributed by atoms with Crippen molar-refractivity contribution < 1.29 is 18.0 Å². The first kappa shape index (κ1) is 29.7. The zero-order chi connectivity index (χ0) is 27.9. The first-order chi connectivity index (χ1) is 18.0. The van der Waals surface area contributed by atoms with Crippen LogP contribution in [0.15, 0.2) is 83.3 Å². The van der Waals surface area contributed by atoms with Crippen molar-refractivity contribution in [2.75, 3.05) is 17.1 Å². The van der Waals surface area contributed by atoms with E-state index in [2.05, 4.69) is 21.2 Å². The van der Waals surface area contributed by atoms with Crippen LogP contribution in [-0.4, -0.2) is 50.0 Å². The monoisotopic (exact) mass is 619 g/mol. The summed E-state index contributed by atoms with van der Waals surface area (Å²) in [6.07, 6.45) is 1.29. The minimum Gasteiger partial charge on any atom is -0.352 e. The second kappa shape index (κ2) is 13.3. The van der Waals surface area contributed by atoms with Gasteiger partial charge in [-0.1, -0.05) is 72.3 Å². The Kier molecular flexibility index (Phi) is 10.4. The van der Waals surface area contributed by atoms with Gasteiger partial charge >= 0.3 is 0 Å². The van der Waals surface area contributed by atoms with Crippen LogP contribution in [0, 0.1) is 0 Å². The summed E-state index contributed by atoms with van der Waals surface area (Å²) in [5.41, 5.74) is 1.83. The van der Waals surface area contributed by atoms with E-state index in [0.29, 0.717) is 20.7 Å². The molecule has 38 heavy (non-hydrogen) atoms. The SMILES string of the molecule is CC(C)NC(=O)[C@H](Cc1ccccc1)N(Cc1ccccc1Cl)C(=O)CN(c1ccccc1Br)S(C)(=O)=O. The molecule has 0 saturated heterocycles. The molecule has 0 aliphatic heterocycles. The number of nitrogens with one attached hydrogen (secondary N) is 1. The maximum atomic E-state index is 14.0. The molecule has 10 heteroatoms. The minimum atomic E-state index is -3.84. The van der Waals surface area contributed by atoms with Gasteiger partial charge in [-0.25, -0.2) is 8.42 Å². The van der Waals surface area contributed by atoms with Crippen LogP contribution in [0.1, 0.15) is 25.0 Å². The number of anilines is 1. The number of carbonyl (C=O) groups excluding carboxylic acids is 2. The second-order valence-corrected chi connectivity index (χ2v) is 12.4. The largest absolute Gasteiger partial charge is 0.352 e. The maximum absolute atomic E-state index is 14.0. The molecule has 0 heterocycles. The summed E-state index contributed by atoms with van der Waals surface area (Å²) in [6, 6.07) is 22.1. The molecule has 1 N–H and O–H groups in total. The number of sulfonamides is 1. The van der Waals surface area contributed by atoms with Gasteiger partial charge in [0.05, 0.1) is 11.9 Å². The van der Waals surface area contributed by atoms with E-state index in [1.807, 2.05) is 44.2 Å². The number of halogens is 2. The van der Waals surface area contributed by atoms with E-state index in [9.17, 15) is 18.0 Å². The summed E-state index contributed by atoms with van der Waals surface area (Å²) in [6.45, 7) is 3.22. The molecule has 3 aromatic carbocycles. The number of amides is 2. The molecule has 0 bridgehead atoms. The van der Waals surface area contributed by atoms with Crippen LogP contribution in [0.25, 0.3) is 0 Å². The molecule has 3 aromatic rings. The third kappa shape index (κ3) is 8.06. The smallest absolute Gasteiger partial charge is 0.244 e. The van der Waals surface area contributed by atoms with Gasteiger partial charge in [0, 0.05) is 28.5 Å². The van der Waals surface area contributed by atoms with E-state index in [1.165, 1.54) is 4.90 Å². The Morgan fingerprint density at radius 1 is 0.947 bits per heavy atom. The van der Waals surface area contributed by atoms with Crippen LogP contribution in [0.5, 0.6) is 0 Å². The highest BCUT2D eigenvalue weighted by molar-refractivity contribution is 9.10. The third-order valence-electron chi connectivity index (χ3n) is 5.80. The zero-order valence-electron chi connectivity index (χ0n) is 21.5. The van der Waals surface area contributed by atoms with Crippen molar-refractivity contribution in [3.63, 3.8) is 0 Å². The summed E-state index contributed by atoms with van der Waals surface area (Å²) < 4.78 is 27.2. The molecule has 0 aliphatic carbocycles. The molecular formula is C28H31BrClN3O4S. The van der Waals surface area contributed by atoms with Crippen LogP contribution in [0.2, 0.25) is 5.02 Å². The fourth-order valence-corrected chi connectivity index (χ4v) is 5.67. The number of hydrogen-bond acceptors (Lipinski definition) is 4. The fourth-order valence-electron chi connectivity index (χ4n) is 3.99. The van der Waals surface area contributed by atoms with Gasteiger partial charge in [0.2, 0.25) is 21.8 Å². The molecule has 0 fully saturated rings. The van der Waals surface area contributed by atoms with Gasteiger partial charge in [-0.3, -0.25) is 13.9 Å². The average Bonchev–Trinajstić information content (AvgIpc) is 2.85. The molecule has 7 nitrogen and oxygen atoms in total. The Balaban J connectivity index is 2.08. The van der Waals surface area contributed by atoms with E-state index >= 15 is 0 Å². The molecule has 0 unspecified atom stereocenters. The van der Waals surface area contributed by atoms with Gasteiger partial charge in [-0.2, -0.15) is 0 Å². The van der Waals surface area contributed by atoms with Gasteiger partial charge in [0.1, 0.15) is 12.6 Å². The lowest BCUT2D eigenvalue weighted by Crippen LogP contribution is -2.54. The van der Waals surface area contributed by atoms with Gasteiger partial charge in [-0.05, 0) is 59.1 Å². The normalized spacial score (nSPS) is 12.2. The zero-order valence-corrected chi connectivity index (χ0v) is 24.6. The average molecular weight is 621 g/mol. The number of hydrogen-bond donors (Lipinski definition) is 1. The van der Waals surface area contributed by atoms with Crippen LogP contribution in [0.3, 0.4) is 0 Å². The van der Waals surface area contributed by atoms with Crippen molar-refractivity contribution in [3.8, 4) is 0 Å². The minimum absolute atomic E-state index is 0.0229. The Hall–Kier alpha value is -2.88. The highest BCUT2D eigenvalue weighted by Crippen LogP contribution is 2.28. The van der Waals surface area contributed by atoms with Crippen LogP contribution >= 0.6 is 27.5 Å². The van der Waals surface area contributed by atoms with E-state index in [-0.39, 0.29) is 24.9 Å². The summed E-state index contributed by atoms with van der Waals surface area (Å²) >= 11 is 9.84. The highest BCUT2D eigenvalue weighted by Gasteiger charge is 2.33. The Morgan fingerprint density at radius 3 is 2.16 bits per heavy atom. The third-order valence-corrected chi connectivity index (χ3v) is 7.97. The molecule has 0 aliphatic rings. The van der Waals surface area contributed by atoms with E-state index in [0.717, 1.165) is 16.1 Å². The number of para-hydroxylation sites is 1. The summed E-state index contributed by atoms with van der Waals surface area (Å²) in [5.74, 6) is -0.873. The topological polar surface area (TPSA) is 86.8 Å². The summed E-state index contributed by atoms with van der Waals surface area (Å²) in [7, 11) is -3.84. The molecule has 0 radical (unpaired) electrons. The quantitative estimate of drug-likeness (QED) is 0.326. The summed E-state index contributed by atoms with van der Waals surface area (Å²) in [5, 5.41) is 3.36. The molecule has 3 rings (SSSR count). The molecule has 1 atom stereocenters. The lowest BCUT2D eigenvalue weighted by molar-refractivity contribution is -0.140. The van der Waals surface area contributed by atoms with Gasteiger partial charge in [0.15, 0.2) is 0 Å². The van der Waals surface area contributed by atoms with Crippen molar-refractivity contribution in [3.05, 3.63) is 99.5 Å². The van der Waals surface area contributed by atoms with Crippen molar-refractivity contribution in [2.24, 2.45) is 0 Å². The number of benzene rings is 3. The Morgan fingerprint density at radius 2 is 1.55 bits per heavy atom. The van der Waals surface area contributed by atoms with Crippen LogP contribution < -0.4 is 9.62 Å². The van der Waals surface area contributed by atoms with Crippen molar-refractivity contribution in [1.29, 1.82) is 0 Å². The van der Waals surface area contributed by atoms with Crippen LogP contribution in [0.4, 0.5) is 5.69 Å². The molecule has 202 valence electrons. The second-order valence-electron chi connectivity index (χ2n) is 9.20. The van der Waals surface area contributed by atoms with Gasteiger partial charge < -0.3 is 10.2 Å². The number of carbonyl (C=O) groups is 2. The molecule has 0 saturated carbocycles. The first-order valence-corrected chi connectivity index (χ1v) is 15.1. The van der Waals surface area contributed by atoms with Crippen molar-refractivity contribution in [2.45, 2.75) is 38.9 Å². The molecule has 2 amide bonds. The fraction of sp³-hybridized carbons (Fsp3) is 0.286. The standard InChI is InChI=1S/C28H31BrClN3O4S/c1-20(2)31-28(35)26(17-21-11-5-4-6-12-21)32(18-22-13-7-9-15-24(22)30)27(34)19-33(38(3,36)37)25-16-10-8-14-23(25)29/h4-16,20,26H,17-19H2,1-3H3,(H,31,35)/t26-/m0/s1. The molecular weight excluding hydrogens is 590 g/mol. The number of nitrogens with zero attached hydrogens (tertiary/aromatic N) is 2. The summed E-state index contributed by atoms with van der Waals surface area (Å²) in [4.78, 5) is 28.9. The Bertz CT molecular complexity index is 1370. The Labute approximate surface area is 238 Å². The van der Waals surface area contributed by atoms with Gasteiger partial charge in [-0.15, -0.1) is 0 Å². The predicted molar refractivity (Wildman–Crippen MR) is 156 cm³/mol. The first-order valence-electron chi connectivity index (χ1n) is 12.1. The van der Waals surface area contributed by atoms with E-state index in [4.69, 9.17) is 11.6 Å². The maximum Gasteiger partial charge on any atom is 0.244 e. The number of rotatable bonds is 11. The molecule has 0 spiro atoms. The molecule has 0 aromatic heterocycles. The van der Waals surface area contributed by atoms with Gasteiger partial charge in [0.25, 0.3) is 0 Å². The van der Waals surface area contributed by atoms with Crippen molar-refractivity contribution >= 4 is 55.1 Å².